The molecule has 2 N–H and O–H groups in total. The molecule has 1 aromatic carbocycles. The van der Waals surface area contributed by atoms with Gasteiger partial charge in [0.25, 0.3) is 0 Å². The molecular weight excluding hydrogens is 243 g/mol. The summed E-state index contributed by atoms with van der Waals surface area (Å²) >= 11 is 0. The van der Waals surface area contributed by atoms with Gasteiger partial charge in [0, 0.05) is 37.5 Å². The minimum absolute atomic E-state index is 0.193. The third kappa shape index (κ3) is 2.90. The molecule has 19 heavy (non-hydrogen) atoms. The van der Waals surface area contributed by atoms with Gasteiger partial charge in [0.2, 0.25) is 0 Å². The van der Waals surface area contributed by atoms with Crippen molar-refractivity contribution < 1.29 is 9.13 Å². The summed E-state index contributed by atoms with van der Waals surface area (Å²) in [5, 5.41) is 0. The van der Waals surface area contributed by atoms with Crippen LogP contribution in [0.3, 0.4) is 0 Å². The fourth-order valence-corrected chi connectivity index (χ4v) is 2.81. The van der Waals surface area contributed by atoms with Gasteiger partial charge < -0.3 is 15.4 Å². The molecule has 3 nitrogen and oxygen atoms in total. The van der Waals surface area contributed by atoms with Gasteiger partial charge in [-0.2, -0.15) is 0 Å². The molecule has 0 radical (unpaired) electrons. The molecule has 2 unspecified atom stereocenters. The number of methoxy groups -OCH3 is 1. The molecule has 0 spiro atoms. The van der Waals surface area contributed by atoms with E-state index in [1.165, 1.54) is 6.07 Å². The van der Waals surface area contributed by atoms with Crippen LogP contribution in [0.15, 0.2) is 18.2 Å². The predicted molar refractivity (Wildman–Crippen MR) is 75.8 cm³/mol. The Morgan fingerprint density at radius 3 is 2.84 bits per heavy atom. The molecule has 106 valence electrons. The lowest BCUT2D eigenvalue weighted by molar-refractivity contribution is 0.0498. The quantitative estimate of drug-likeness (QED) is 0.914. The fourth-order valence-electron chi connectivity index (χ4n) is 2.81. The van der Waals surface area contributed by atoms with Crippen LogP contribution in [-0.2, 0) is 4.74 Å². The Hall–Kier alpha value is -1.13. The van der Waals surface area contributed by atoms with Gasteiger partial charge in [-0.3, -0.25) is 0 Å². The maximum atomic E-state index is 14.0. The predicted octanol–water partition coefficient (Wildman–Crippen LogP) is 2.71. The molecule has 2 rings (SSSR count). The minimum Gasteiger partial charge on any atom is -0.379 e. The monoisotopic (exact) mass is 266 g/mol. The second-order valence-electron chi connectivity index (χ2n) is 5.45. The summed E-state index contributed by atoms with van der Waals surface area (Å²) in [6.07, 6.45) is 1.24. The molecule has 0 saturated carbocycles. The first kappa shape index (κ1) is 14.3. The van der Waals surface area contributed by atoms with Gasteiger partial charge in [-0.25, -0.2) is 4.39 Å². The molecule has 1 heterocycles. The smallest absolute Gasteiger partial charge is 0.130 e. The topological polar surface area (TPSA) is 38.5 Å². The zero-order chi connectivity index (χ0) is 14.0. The van der Waals surface area contributed by atoms with E-state index in [1.807, 2.05) is 13.0 Å². The van der Waals surface area contributed by atoms with E-state index in [0.29, 0.717) is 11.5 Å². The maximum Gasteiger partial charge on any atom is 0.130 e. The number of hydrogen-bond donors (Lipinski definition) is 1. The SMILES string of the molecule is COC1CN(c2cccc(F)c2[C@H](C)N)CCC1C. The van der Waals surface area contributed by atoms with E-state index in [-0.39, 0.29) is 18.0 Å². The fraction of sp³-hybridized carbons (Fsp3) is 0.600. The standard InChI is InChI=1S/C15H23FN2O/c1-10-7-8-18(9-14(10)19-3)13-6-4-5-12(16)15(13)11(2)17/h4-6,10-11,14H,7-9,17H2,1-3H3/t10?,11-,14?/m0/s1. The average Bonchev–Trinajstić information content (AvgIpc) is 2.38. The number of hydrogen-bond acceptors (Lipinski definition) is 3. The highest BCUT2D eigenvalue weighted by Crippen LogP contribution is 2.31. The molecule has 0 bridgehead atoms. The molecule has 0 amide bonds. The molecule has 0 aromatic heterocycles. The summed E-state index contributed by atoms with van der Waals surface area (Å²) in [5.41, 5.74) is 7.43. The van der Waals surface area contributed by atoms with Crippen molar-refractivity contribution in [1.82, 2.24) is 0 Å². The van der Waals surface area contributed by atoms with Gasteiger partial charge in [0.1, 0.15) is 5.82 Å². The maximum absolute atomic E-state index is 14.0. The van der Waals surface area contributed by atoms with Crippen LogP contribution in [0.5, 0.6) is 0 Å². The van der Waals surface area contributed by atoms with Gasteiger partial charge in [-0.15, -0.1) is 0 Å². The van der Waals surface area contributed by atoms with Crippen molar-refractivity contribution >= 4 is 5.69 Å². The van der Waals surface area contributed by atoms with E-state index < -0.39 is 0 Å². The average molecular weight is 266 g/mol. The van der Waals surface area contributed by atoms with E-state index in [4.69, 9.17) is 10.5 Å². The first-order chi connectivity index (χ1) is 9.04. The zero-order valence-corrected chi connectivity index (χ0v) is 11.9. The third-order valence-electron chi connectivity index (χ3n) is 4.02. The number of anilines is 1. The number of halogens is 1. The number of nitrogens with zero attached hydrogens (tertiary/aromatic N) is 1. The van der Waals surface area contributed by atoms with Crippen molar-refractivity contribution in [2.75, 3.05) is 25.1 Å². The van der Waals surface area contributed by atoms with E-state index in [1.54, 1.807) is 13.2 Å². The number of rotatable bonds is 3. The van der Waals surface area contributed by atoms with Gasteiger partial charge in [-0.05, 0) is 31.4 Å². The van der Waals surface area contributed by atoms with E-state index >= 15 is 0 Å². The van der Waals surface area contributed by atoms with Crippen LogP contribution in [0.25, 0.3) is 0 Å². The second kappa shape index (κ2) is 5.88. The Morgan fingerprint density at radius 1 is 1.47 bits per heavy atom. The Bertz CT molecular complexity index is 436. The first-order valence-corrected chi connectivity index (χ1v) is 6.86. The Balaban J connectivity index is 2.29. The molecule has 1 fully saturated rings. The molecule has 1 aliphatic rings. The van der Waals surface area contributed by atoms with Crippen LogP contribution in [0.4, 0.5) is 10.1 Å². The molecule has 0 aliphatic carbocycles. The van der Waals surface area contributed by atoms with Crippen LogP contribution in [0, 0.1) is 11.7 Å². The Kier molecular flexibility index (Phi) is 4.42. The minimum atomic E-state index is -0.309. The largest absolute Gasteiger partial charge is 0.379 e. The van der Waals surface area contributed by atoms with Crippen LogP contribution in [0.1, 0.15) is 31.9 Å². The van der Waals surface area contributed by atoms with Crippen molar-refractivity contribution in [3.05, 3.63) is 29.6 Å². The molecule has 3 atom stereocenters. The normalized spacial score (nSPS) is 25.4. The highest BCUT2D eigenvalue weighted by Gasteiger charge is 2.28. The lowest BCUT2D eigenvalue weighted by Gasteiger charge is -2.38. The van der Waals surface area contributed by atoms with Gasteiger partial charge in [0.15, 0.2) is 0 Å². The van der Waals surface area contributed by atoms with Crippen molar-refractivity contribution in [2.24, 2.45) is 11.7 Å². The lowest BCUT2D eigenvalue weighted by Crippen LogP contribution is -2.44. The number of benzene rings is 1. The van der Waals surface area contributed by atoms with Crippen molar-refractivity contribution in [3.8, 4) is 0 Å². The Labute approximate surface area is 114 Å². The van der Waals surface area contributed by atoms with E-state index in [9.17, 15) is 4.39 Å². The van der Waals surface area contributed by atoms with Crippen LogP contribution in [0.2, 0.25) is 0 Å². The summed E-state index contributed by atoms with van der Waals surface area (Å²) in [6, 6.07) is 4.86. The molecule has 1 saturated heterocycles. The first-order valence-electron chi connectivity index (χ1n) is 6.86. The number of piperidine rings is 1. The summed E-state index contributed by atoms with van der Waals surface area (Å²) in [6.45, 7) is 5.73. The van der Waals surface area contributed by atoms with Crippen LogP contribution >= 0.6 is 0 Å². The summed E-state index contributed by atoms with van der Waals surface area (Å²) in [5.74, 6) is 0.314. The van der Waals surface area contributed by atoms with Crippen LogP contribution in [-0.4, -0.2) is 26.3 Å². The number of nitrogens with two attached hydrogens (primary N) is 1. The summed E-state index contributed by atoms with van der Waals surface area (Å²) in [7, 11) is 1.74. The highest BCUT2D eigenvalue weighted by atomic mass is 19.1. The van der Waals surface area contributed by atoms with Gasteiger partial charge in [0.05, 0.1) is 6.10 Å². The summed E-state index contributed by atoms with van der Waals surface area (Å²) < 4.78 is 19.5. The zero-order valence-electron chi connectivity index (χ0n) is 11.9. The Morgan fingerprint density at radius 2 is 2.21 bits per heavy atom. The highest BCUT2D eigenvalue weighted by molar-refractivity contribution is 5.56. The van der Waals surface area contributed by atoms with E-state index in [0.717, 1.165) is 25.2 Å². The third-order valence-corrected chi connectivity index (χ3v) is 4.02. The van der Waals surface area contributed by atoms with Gasteiger partial charge in [-0.1, -0.05) is 13.0 Å². The molecular formula is C15H23FN2O. The van der Waals surface area contributed by atoms with Crippen LogP contribution < -0.4 is 10.6 Å². The second-order valence-corrected chi connectivity index (χ2v) is 5.45. The van der Waals surface area contributed by atoms with Crippen molar-refractivity contribution in [3.63, 3.8) is 0 Å². The molecule has 4 heteroatoms. The van der Waals surface area contributed by atoms with Gasteiger partial charge >= 0.3 is 0 Å². The van der Waals surface area contributed by atoms with E-state index in [2.05, 4.69) is 11.8 Å². The molecule has 1 aliphatic heterocycles. The number of ether oxygens (including phenoxy) is 1. The van der Waals surface area contributed by atoms with Crippen molar-refractivity contribution in [2.45, 2.75) is 32.4 Å². The van der Waals surface area contributed by atoms with Crippen molar-refractivity contribution in [1.29, 1.82) is 0 Å². The lowest BCUT2D eigenvalue weighted by atomic mass is 9.94. The summed E-state index contributed by atoms with van der Waals surface area (Å²) in [4.78, 5) is 2.19. The molecule has 1 aromatic rings.